The summed E-state index contributed by atoms with van der Waals surface area (Å²) in [5, 5.41) is 0. The number of anilines is 2. The molecule has 1 heterocycles. The Morgan fingerprint density at radius 2 is 1.55 bits per heavy atom. The van der Waals surface area contributed by atoms with Crippen LogP contribution in [0.25, 0.3) is 0 Å². The van der Waals surface area contributed by atoms with Crippen LogP contribution < -0.4 is 14.4 Å². The Balaban J connectivity index is 1.88. The second-order valence-electron chi connectivity index (χ2n) is 7.07. The Labute approximate surface area is 181 Å². The van der Waals surface area contributed by atoms with Crippen molar-refractivity contribution in [3.63, 3.8) is 0 Å². The number of fused-ring (bicyclic) bond motifs is 1. The maximum atomic E-state index is 13.4. The highest BCUT2D eigenvalue weighted by Gasteiger charge is 2.36. The van der Waals surface area contributed by atoms with Crippen LogP contribution in [0.1, 0.15) is 15.9 Å². The normalized spacial score (nSPS) is 14.4. The molecule has 0 saturated heterocycles. The van der Waals surface area contributed by atoms with Gasteiger partial charge < -0.3 is 14.4 Å². The van der Waals surface area contributed by atoms with Gasteiger partial charge in [-0.15, -0.1) is 0 Å². The van der Waals surface area contributed by atoms with E-state index in [4.69, 9.17) is 9.47 Å². The zero-order valence-electron chi connectivity index (χ0n) is 17.3. The highest BCUT2D eigenvalue weighted by molar-refractivity contribution is 7.96. The van der Waals surface area contributed by atoms with E-state index in [0.29, 0.717) is 17.2 Å². The molecular weight excluding hydrogens is 414 g/mol. The summed E-state index contributed by atoms with van der Waals surface area (Å²) >= 11 is 0. The molecule has 1 aliphatic heterocycles. The average Bonchev–Trinajstić information content (AvgIpc) is 2.79. The Morgan fingerprint density at radius 1 is 0.871 bits per heavy atom. The van der Waals surface area contributed by atoms with Crippen molar-refractivity contribution in [2.24, 2.45) is 0 Å². The number of carbonyl (C=O) groups excluding carboxylic acids is 1. The molecule has 0 atom stereocenters. The molecule has 0 aromatic heterocycles. The van der Waals surface area contributed by atoms with Crippen LogP contribution >= 0.6 is 0 Å². The van der Waals surface area contributed by atoms with Crippen LogP contribution in [-0.2, 0) is 9.84 Å². The second-order valence-corrected chi connectivity index (χ2v) is 8.96. The molecule has 0 radical (unpaired) electrons. The first-order valence-electron chi connectivity index (χ1n) is 9.55. The standard InChI is InChI=1S/C24H21NO5S/c1-16-8-11-18(12-9-16)25-15-23(31(27,28)22-7-5-4-6-19(22)25)24(26)17-10-13-20(29-2)21(14-17)30-3/h4-15H,1-3H3. The molecule has 0 saturated carbocycles. The van der Waals surface area contributed by atoms with Gasteiger partial charge in [0.25, 0.3) is 0 Å². The van der Waals surface area contributed by atoms with Crippen LogP contribution in [0.15, 0.2) is 82.7 Å². The third-order valence-corrected chi connectivity index (χ3v) is 6.93. The first-order valence-corrected chi connectivity index (χ1v) is 11.0. The second kappa shape index (κ2) is 7.92. The van der Waals surface area contributed by atoms with Crippen molar-refractivity contribution >= 4 is 27.0 Å². The summed E-state index contributed by atoms with van der Waals surface area (Å²) in [4.78, 5) is 14.9. The van der Waals surface area contributed by atoms with Crippen LogP contribution in [-0.4, -0.2) is 28.4 Å². The predicted molar refractivity (Wildman–Crippen MR) is 119 cm³/mol. The number of methoxy groups -OCH3 is 2. The SMILES string of the molecule is COc1ccc(C(=O)C2=CN(c3ccc(C)cc3)c3ccccc3S2(=O)=O)cc1OC. The number of benzene rings is 3. The van der Waals surface area contributed by atoms with Crippen molar-refractivity contribution in [2.75, 3.05) is 19.1 Å². The highest BCUT2D eigenvalue weighted by Crippen LogP contribution is 2.40. The Morgan fingerprint density at radius 3 is 2.23 bits per heavy atom. The first-order chi connectivity index (χ1) is 14.9. The third kappa shape index (κ3) is 3.57. The first kappa shape index (κ1) is 20.7. The lowest BCUT2D eigenvalue weighted by Crippen LogP contribution is -2.25. The van der Waals surface area contributed by atoms with E-state index < -0.39 is 15.6 Å². The quantitative estimate of drug-likeness (QED) is 0.543. The molecule has 31 heavy (non-hydrogen) atoms. The third-order valence-electron chi connectivity index (χ3n) is 5.13. The van der Waals surface area contributed by atoms with E-state index in [1.165, 1.54) is 38.6 Å². The lowest BCUT2D eigenvalue weighted by Gasteiger charge is -2.29. The molecule has 0 amide bonds. The molecule has 7 heteroatoms. The molecule has 4 rings (SSSR count). The fourth-order valence-electron chi connectivity index (χ4n) is 3.48. The number of ketones is 1. The Kier molecular flexibility index (Phi) is 5.29. The molecule has 3 aromatic carbocycles. The Hall–Kier alpha value is -3.58. The number of nitrogens with zero attached hydrogens (tertiary/aromatic N) is 1. The van der Waals surface area contributed by atoms with Gasteiger partial charge in [0.15, 0.2) is 11.5 Å². The molecule has 0 N–H and O–H groups in total. The van der Waals surface area contributed by atoms with E-state index in [0.717, 1.165) is 11.3 Å². The van der Waals surface area contributed by atoms with Crippen LogP contribution in [0.5, 0.6) is 11.5 Å². The van der Waals surface area contributed by atoms with Crippen molar-refractivity contribution < 1.29 is 22.7 Å². The van der Waals surface area contributed by atoms with Gasteiger partial charge in [-0.2, -0.15) is 0 Å². The van der Waals surface area contributed by atoms with Gasteiger partial charge in [-0.25, -0.2) is 8.42 Å². The van der Waals surface area contributed by atoms with Crippen LogP contribution in [0, 0.1) is 6.92 Å². The van der Waals surface area contributed by atoms with E-state index in [1.54, 1.807) is 29.2 Å². The minimum atomic E-state index is -4.02. The van der Waals surface area contributed by atoms with Gasteiger partial charge in [-0.3, -0.25) is 4.79 Å². The largest absolute Gasteiger partial charge is 0.493 e. The number of ether oxygens (including phenoxy) is 2. The van der Waals surface area contributed by atoms with Crippen LogP contribution in [0.4, 0.5) is 11.4 Å². The molecule has 1 aliphatic rings. The smallest absolute Gasteiger partial charge is 0.214 e. The summed E-state index contributed by atoms with van der Waals surface area (Å²) < 4.78 is 37.2. The monoisotopic (exact) mass is 435 g/mol. The molecule has 3 aromatic rings. The molecule has 0 unspecified atom stereocenters. The predicted octanol–water partition coefficient (Wildman–Crippen LogP) is 4.66. The molecule has 0 spiro atoms. The van der Waals surface area contributed by atoms with Gasteiger partial charge in [0.2, 0.25) is 15.6 Å². The summed E-state index contributed by atoms with van der Waals surface area (Å²) in [6, 6.07) is 18.9. The van der Waals surface area contributed by atoms with Crippen molar-refractivity contribution in [3.05, 3.63) is 89.0 Å². The summed E-state index contributed by atoms with van der Waals surface area (Å²) in [6.07, 6.45) is 1.39. The van der Waals surface area contributed by atoms with Gasteiger partial charge in [-0.05, 0) is 49.4 Å². The highest BCUT2D eigenvalue weighted by atomic mass is 32.2. The average molecular weight is 436 g/mol. The number of aryl methyl sites for hydroxylation is 1. The molecule has 0 bridgehead atoms. The van der Waals surface area contributed by atoms with E-state index in [9.17, 15) is 13.2 Å². The zero-order valence-corrected chi connectivity index (χ0v) is 18.1. The number of rotatable bonds is 5. The summed E-state index contributed by atoms with van der Waals surface area (Å²) in [5.41, 5.74) is 2.52. The fourth-order valence-corrected chi connectivity index (χ4v) is 5.02. The van der Waals surface area contributed by atoms with Crippen molar-refractivity contribution in [1.82, 2.24) is 0 Å². The maximum absolute atomic E-state index is 13.4. The van der Waals surface area contributed by atoms with Crippen molar-refractivity contribution in [2.45, 2.75) is 11.8 Å². The van der Waals surface area contributed by atoms with Crippen molar-refractivity contribution in [1.29, 1.82) is 0 Å². The van der Waals surface area contributed by atoms with Crippen molar-refractivity contribution in [3.8, 4) is 11.5 Å². The Bertz CT molecular complexity index is 1290. The maximum Gasteiger partial charge on any atom is 0.214 e. The lowest BCUT2D eigenvalue weighted by molar-refractivity contribution is 0.104. The zero-order chi connectivity index (χ0) is 22.2. The molecular formula is C24H21NO5S. The van der Waals surface area contributed by atoms with E-state index in [2.05, 4.69) is 0 Å². The number of hydrogen-bond donors (Lipinski definition) is 0. The number of allylic oxidation sites excluding steroid dienone is 1. The summed E-state index contributed by atoms with van der Waals surface area (Å²) in [6.45, 7) is 1.97. The number of hydrogen-bond acceptors (Lipinski definition) is 6. The molecule has 158 valence electrons. The van der Waals surface area contributed by atoms with E-state index >= 15 is 0 Å². The number of Topliss-reactive ketones (excluding diaryl/α,β-unsaturated/α-hetero) is 1. The summed E-state index contributed by atoms with van der Waals surface area (Å²) in [7, 11) is -1.07. The number of sulfone groups is 1. The minimum Gasteiger partial charge on any atom is -0.493 e. The van der Waals surface area contributed by atoms with Gasteiger partial charge in [0, 0.05) is 17.5 Å². The van der Waals surface area contributed by atoms with Gasteiger partial charge in [0.05, 0.1) is 24.8 Å². The molecule has 0 fully saturated rings. The fraction of sp³-hybridized carbons (Fsp3) is 0.125. The number of carbonyl (C=O) groups is 1. The van der Waals surface area contributed by atoms with E-state index in [1.807, 2.05) is 31.2 Å². The topological polar surface area (TPSA) is 72.9 Å². The van der Waals surface area contributed by atoms with E-state index in [-0.39, 0.29) is 15.4 Å². The number of para-hydroxylation sites is 1. The van der Waals surface area contributed by atoms with Gasteiger partial charge in [0.1, 0.15) is 4.91 Å². The van der Waals surface area contributed by atoms with Gasteiger partial charge >= 0.3 is 0 Å². The van der Waals surface area contributed by atoms with Crippen LogP contribution in [0.3, 0.4) is 0 Å². The van der Waals surface area contributed by atoms with Crippen LogP contribution in [0.2, 0.25) is 0 Å². The minimum absolute atomic E-state index is 0.0851. The molecule has 0 aliphatic carbocycles. The van der Waals surface area contributed by atoms with Gasteiger partial charge in [-0.1, -0.05) is 29.8 Å². The molecule has 6 nitrogen and oxygen atoms in total. The lowest BCUT2D eigenvalue weighted by atomic mass is 10.1. The summed E-state index contributed by atoms with van der Waals surface area (Å²) in [5.74, 6) is 0.177.